The van der Waals surface area contributed by atoms with Crippen molar-refractivity contribution in [3.05, 3.63) is 12.2 Å². The van der Waals surface area contributed by atoms with Crippen molar-refractivity contribution in [2.24, 2.45) is 0 Å². The molecule has 0 saturated heterocycles. The number of hydrogen-bond donors (Lipinski definition) is 1. The van der Waals surface area contributed by atoms with Crippen LogP contribution in [-0.4, -0.2) is 30.8 Å². The summed E-state index contributed by atoms with van der Waals surface area (Å²) < 4.78 is 9.74. The van der Waals surface area contributed by atoms with Crippen molar-refractivity contribution >= 4 is 12.1 Å². The van der Waals surface area contributed by atoms with Crippen LogP contribution < -0.4 is 5.32 Å². The lowest BCUT2D eigenvalue weighted by atomic mass is 10.2. The Morgan fingerprint density at radius 2 is 1.95 bits per heavy atom. The van der Waals surface area contributed by atoms with Crippen LogP contribution in [0.1, 0.15) is 47.0 Å². The van der Waals surface area contributed by atoms with Crippen LogP contribution >= 0.6 is 0 Å². The molecule has 0 aromatic heterocycles. The Balaban J connectivity index is 4.47. The zero-order valence-corrected chi connectivity index (χ0v) is 12.5. The van der Waals surface area contributed by atoms with Gasteiger partial charge in [0.25, 0.3) is 0 Å². The highest BCUT2D eigenvalue weighted by atomic mass is 16.6. The molecule has 5 nitrogen and oxygen atoms in total. The van der Waals surface area contributed by atoms with Crippen LogP contribution in [-0.2, 0) is 14.3 Å². The molecule has 0 radical (unpaired) electrons. The maximum absolute atomic E-state index is 11.6. The SMILES string of the molecule is CCCC/C=C/[C@H](NC(=O)OC(C)(C)C)C(=O)OC. The average Bonchev–Trinajstić information content (AvgIpc) is 2.29. The normalized spacial score (nSPS) is 13.1. The molecule has 1 amide bonds. The first-order valence-corrected chi connectivity index (χ1v) is 6.54. The van der Waals surface area contributed by atoms with Gasteiger partial charge in [0.05, 0.1) is 7.11 Å². The molecule has 0 spiro atoms. The fourth-order valence-electron chi connectivity index (χ4n) is 1.30. The molecule has 0 rings (SSSR count). The molecule has 1 atom stereocenters. The second-order valence-corrected chi connectivity index (χ2v) is 5.22. The lowest BCUT2D eigenvalue weighted by Crippen LogP contribution is -2.42. The second kappa shape index (κ2) is 8.56. The fraction of sp³-hybridized carbons (Fsp3) is 0.714. The summed E-state index contributed by atoms with van der Waals surface area (Å²) in [5.74, 6) is -0.515. The minimum Gasteiger partial charge on any atom is -0.467 e. The summed E-state index contributed by atoms with van der Waals surface area (Å²) in [6.45, 7) is 7.37. The highest BCUT2D eigenvalue weighted by Crippen LogP contribution is 2.07. The van der Waals surface area contributed by atoms with E-state index in [-0.39, 0.29) is 0 Å². The Bertz CT molecular complexity index is 318. The zero-order valence-electron chi connectivity index (χ0n) is 12.5. The van der Waals surface area contributed by atoms with Gasteiger partial charge in [-0.3, -0.25) is 0 Å². The van der Waals surface area contributed by atoms with Gasteiger partial charge in [-0.25, -0.2) is 9.59 Å². The summed E-state index contributed by atoms with van der Waals surface area (Å²) in [6.07, 6.45) is 5.83. The number of alkyl carbamates (subject to hydrolysis) is 1. The second-order valence-electron chi connectivity index (χ2n) is 5.22. The average molecular weight is 271 g/mol. The van der Waals surface area contributed by atoms with Crippen LogP contribution in [0.2, 0.25) is 0 Å². The molecule has 1 N–H and O–H groups in total. The van der Waals surface area contributed by atoms with Gasteiger partial charge in [-0.1, -0.05) is 31.9 Å². The van der Waals surface area contributed by atoms with Gasteiger partial charge < -0.3 is 14.8 Å². The van der Waals surface area contributed by atoms with Gasteiger partial charge in [0.15, 0.2) is 0 Å². The maximum Gasteiger partial charge on any atom is 0.408 e. The van der Waals surface area contributed by atoms with Gasteiger partial charge in [0.2, 0.25) is 0 Å². The van der Waals surface area contributed by atoms with E-state index in [1.54, 1.807) is 26.8 Å². The summed E-state index contributed by atoms with van der Waals surface area (Å²) in [4.78, 5) is 23.1. The van der Waals surface area contributed by atoms with Crippen molar-refractivity contribution in [2.45, 2.75) is 58.6 Å². The molecule has 5 heteroatoms. The number of rotatable bonds is 6. The number of allylic oxidation sites excluding steroid dienone is 1. The summed E-state index contributed by atoms with van der Waals surface area (Å²) >= 11 is 0. The van der Waals surface area contributed by atoms with Gasteiger partial charge in [-0.05, 0) is 27.2 Å². The molecular formula is C14H25NO4. The molecule has 0 aliphatic heterocycles. The van der Waals surface area contributed by atoms with Crippen LogP contribution in [0.4, 0.5) is 4.79 Å². The Kier molecular flexibility index (Phi) is 7.87. The Hall–Kier alpha value is -1.52. The third-order valence-electron chi connectivity index (χ3n) is 2.18. The van der Waals surface area contributed by atoms with Crippen molar-refractivity contribution in [1.82, 2.24) is 5.32 Å². The molecule has 0 bridgehead atoms. The molecular weight excluding hydrogens is 246 g/mol. The van der Waals surface area contributed by atoms with Crippen LogP contribution in [0.15, 0.2) is 12.2 Å². The zero-order chi connectivity index (χ0) is 14.9. The van der Waals surface area contributed by atoms with Crippen molar-refractivity contribution in [3.63, 3.8) is 0 Å². The summed E-state index contributed by atoms with van der Waals surface area (Å²) in [5.41, 5.74) is -0.601. The van der Waals surface area contributed by atoms with Gasteiger partial charge in [0.1, 0.15) is 11.6 Å². The van der Waals surface area contributed by atoms with Crippen LogP contribution in [0, 0.1) is 0 Å². The smallest absolute Gasteiger partial charge is 0.408 e. The number of unbranched alkanes of at least 4 members (excludes halogenated alkanes) is 2. The largest absolute Gasteiger partial charge is 0.467 e. The monoisotopic (exact) mass is 271 g/mol. The minimum atomic E-state index is -0.809. The lowest BCUT2D eigenvalue weighted by Gasteiger charge is -2.21. The van der Waals surface area contributed by atoms with Crippen LogP contribution in [0.3, 0.4) is 0 Å². The predicted molar refractivity (Wildman–Crippen MR) is 73.8 cm³/mol. The van der Waals surface area contributed by atoms with E-state index in [0.29, 0.717) is 0 Å². The summed E-state index contributed by atoms with van der Waals surface area (Å²) in [5, 5.41) is 2.48. The van der Waals surface area contributed by atoms with Gasteiger partial charge in [-0.15, -0.1) is 0 Å². The van der Waals surface area contributed by atoms with Crippen molar-refractivity contribution in [1.29, 1.82) is 0 Å². The summed E-state index contributed by atoms with van der Waals surface area (Å²) in [7, 11) is 1.28. The first-order chi connectivity index (χ1) is 8.80. The van der Waals surface area contributed by atoms with Crippen molar-refractivity contribution in [2.75, 3.05) is 7.11 Å². The first-order valence-electron chi connectivity index (χ1n) is 6.54. The first kappa shape index (κ1) is 17.5. The van der Waals surface area contributed by atoms with E-state index < -0.39 is 23.7 Å². The number of carbonyl (C=O) groups is 2. The van der Waals surface area contributed by atoms with E-state index in [1.807, 2.05) is 6.08 Å². The fourth-order valence-corrected chi connectivity index (χ4v) is 1.30. The van der Waals surface area contributed by atoms with E-state index in [9.17, 15) is 9.59 Å². The topological polar surface area (TPSA) is 64.6 Å². The molecule has 19 heavy (non-hydrogen) atoms. The Morgan fingerprint density at radius 3 is 2.42 bits per heavy atom. The molecule has 0 fully saturated rings. The van der Waals surface area contributed by atoms with Gasteiger partial charge >= 0.3 is 12.1 Å². The maximum atomic E-state index is 11.6. The quantitative estimate of drug-likeness (QED) is 0.458. The Labute approximate surface area is 115 Å². The number of ether oxygens (including phenoxy) is 2. The third-order valence-corrected chi connectivity index (χ3v) is 2.18. The van der Waals surface area contributed by atoms with E-state index >= 15 is 0 Å². The van der Waals surface area contributed by atoms with Crippen molar-refractivity contribution < 1.29 is 19.1 Å². The number of carbonyl (C=O) groups excluding carboxylic acids is 2. The van der Waals surface area contributed by atoms with E-state index in [1.165, 1.54) is 7.11 Å². The lowest BCUT2D eigenvalue weighted by molar-refractivity contribution is -0.141. The highest BCUT2D eigenvalue weighted by Gasteiger charge is 2.22. The number of methoxy groups -OCH3 is 1. The molecule has 0 heterocycles. The standard InChI is InChI=1S/C14H25NO4/c1-6-7-8-9-10-11(12(16)18-5)15-13(17)19-14(2,3)4/h9-11H,6-8H2,1-5H3,(H,15,17)/b10-9+/t11-/m0/s1. The van der Waals surface area contributed by atoms with E-state index in [2.05, 4.69) is 17.0 Å². The van der Waals surface area contributed by atoms with Gasteiger partial charge in [0, 0.05) is 0 Å². The molecule has 0 unspecified atom stereocenters. The molecule has 0 aliphatic rings. The van der Waals surface area contributed by atoms with Crippen molar-refractivity contribution in [3.8, 4) is 0 Å². The minimum absolute atomic E-state index is 0.515. The molecule has 110 valence electrons. The van der Waals surface area contributed by atoms with E-state index in [4.69, 9.17) is 4.74 Å². The number of amides is 1. The number of esters is 1. The summed E-state index contributed by atoms with van der Waals surface area (Å²) in [6, 6.07) is -0.809. The molecule has 0 aliphatic carbocycles. The molecule has 0 saturated carbocycles. The third kappa shape index (κ3) is 9.11. The van der Waals surface area contributed by atoms with Gasteiger partial charge in [-0.2, -0.15) is 0 Å². The highest BCUT2D eigenvalue weighted by molar-refractivity contribution is 5.83. The predicted octanol–water partition coefficient (Wildman–Crippen LogP) is 2.80. The van der Waals surface area contributed by atoms with Crippen LogP contribution in [0.25, 0.3) is 0 Å². The van der Waals surface area contributed by atoms with E-state index in [0.717, 1.165) is 19.3 Å². The number of hydrogen-bond acceptors (Lipinski definition) is 4. The Morgan fingerprint density at radius 1 is 1.32 bits per heavy atom. The molecule has 0 aromatic rings. The number of nitrogens with one attached hydrogen (secondary N) is 1. The van der Waals surface area contributed by atoms with Crippen LogP contribution in [0.5, 0.6) is 0 Å². The molecule has 0 aromatic carbocycles.